The first kappa shape index (κ1) is 8.33. The van der Waals surface area contributed by atoms with E-state index in [2.05, 4.69) is 4.90 Å². The van der Waals surface area contributed by atoms with Gasteiger partial charge in [-0.3, -0.25) is 4.90 Å². The summed E-state index contributed by atoms with van der Waals surface area (Å²) in [5.41, 5.74) is 5.42. The molecule has 0 radical (unpaired) electrons. The van der Waals surface area contributed by atoms with E-state index in [0.717, 1.165) is 38.5 Å². The summed E-state index contributed by atoms with van der Waals surface area (Å²) in [6.07, 6.45) is 0. The van der Waals surface area contributed by atoms with Crippen LogP contribution in [-0.2, 0) is 4.18 Å². The smallest absolute Gasteiger partial charge is 0.0741 e. The van der Waals surface area contributed by atoms with Gasteiger partial charge >= 0.3 is 0 Å². The van der Waals surface area contributed by atoms with Crippen molar-refractivity contribution < 1.29 is 4.18 Å². The van der Waals surface area contributed by atoms with E-state index >= 15 is 0 Å². The summed E-state index contributed by atoms with van der Waals surface area (Å²) >= 11 is 1.56. The van der Waals surface area contributed by atoms with Crippen LogP contribution < -0.4 is 5.73 Å². The van der Waals surface area contributed by atoms with Gasteiger partial charge in [0.1, 0.15) is 0 Å². The van der Waals surface area contributed by atoms with E-state index in [4.69, 9.17) is 9.92 Å². The second-order valence-corrected chi connectivity index (χ2v) is 3.15. The van der Waals surface area contributed by atoms with E-state index in [1.165, 1.54) is 0 Å². The molecule has 1 aliphatic heterocycles. The molecule has 1 saturated heterocycles. The van der Waals surface area contributed by atoms with Gasteiger partial charge in [-0.25, -0.2) is 0 Å². The molecule has 0 bridgehead atoms. The third-order valence-electron chi connectivity index (χ3n) is 1.51. The Hall–Kier alpha value is 0.230. The minimum absolute atomic E-state index is 0.755. The van der Waals surface area contributed by atoms with Crippen LogP contribution in [0.2, 0.25) is 0 Å². The Bertz CT molecular complexity index is 83.8. The van der Waals surface area contributed by atoms with Gasteiger partial charge in [-0.2, -0.15) is 0 Å². The van der Waals surface area contributed by atoms with Crippen LogP contribution in [0.1, 0.15) is 0 Å². The highest BCUT2D eigenvalue weighted by Gasteiger charge is 2.07. The molecule has 0 aromatic heterocycles. The van der Waals surface area contributed by atoms with Crippen molar-refractivity contribution in [2.75, 3.05) is 38.5 Å². The Morgan fingerprint density at radius 1 is 1.50 bits per heavy atom. The molecule has 60 valence electrons. The average molecular weight is 162 g/mol. The van der Waals surface area contributed by atoms with Crippen molar-refractivity contribution in [1.82, 2.24) is 4.90 Å². The lowest BCUT2D eigenvalue weighted by atomic mass is 10.4. The zero-order valence-electron chi connectivity index (χ0n) is 6.08. The van der Waals surface area contributed by atoms with Crippen LogP contribution in [0.4, 0.5) is 0 Å². The van der Waals surface area contributed by atoms with Crippen molar-refractivity contribution in [3.8, 4) is 0 Å². The lowest BCUT2D eigenvalue weighted by molar-refractivity contribution is 0.255. The van der Waals surface area contributed by atoms with Crippen LogP contribution in [0.3, 0.4) is 0 Å². The number of nitrogens with two attached hydrogens (primary N) is 1. The zero-order chi connectivity index (χ0) is 7.23. The van der Waals surface area contributed by atoms with Crippen LogP contribution in [0, 0.1) is 0 Å². The van der Waals surface area contributed by atoms with E-state index < -0.39 is 0 Å². The van der Waals surface area contributed by atoms with Crippen LogP contribution in [0.5, 0.6) is 0 Å². The average Bonchev–Trinajstić information content (AvgIpc) is 2.17. The normalized spacial score (nSPS) is 22.5. The molecule has 3 nitrogen and oxygen atoms in total. The fourth-order valence-corrected chi connectivity index (χ4v) is 1.61. The van der Waals surface area contributed by atoms with Crippen molar-refractivity contribution >= 4 is 12.0 Å². The molecular formula is C6H14N2OS. The first-order chi connectivity index (χ1) is 4.93. The van der Waals surface area contributed by atoms with Crippen LogP contribution in [-0.4, -0.2) is 43.4 Å². The first-order valence-corrected chi connectivity index (χ1v) is 4.51. The molecule has 10 heavy (non-hydrogen) atoms. The molecule has 0 spiro atoms. The Balaban J connectivity index is 2.15. The molecule has 0 atom stereocenters. The van der Waals surface area contributed by atoms with Crippen LogP contribution >= 0.6 is 12.0 Å². The van der Waals surface area contributed by atoms with E-state index in [1.807, 2.05) is 0 Å². The maximum absolute atomic E-state index is 5.42. The molecular weight excluding hydrogens is 148 g/mol. The Morgan fingerprint density at radius 3 is 3.20 bits per heavy atom. The molecule has 0 aromatic carbocycles. The van der Waals surface area contributed by atoms with Gasteiger partial charge in [-0.15, -0.1) is 0 Å². The highest BCUT2D eigenvalue weighted by atomic mass is 32.2. The molecule has 0 amide bonds. The van der Waals surface area contributed by atoms with Crippen LogP contribution in [0.15, 0.2) is 0 Å². The zero-order valence-corrected chi connectivity index (χ0v) is 6.90. The minimum atomic E-state index is 0.755. The third-order valence-corrected chi connectivity index (χ3v) is 2.19. The van der Waals surface area contributed by atoms with Gasteiger partial charge in [0.25, 0.3) is 0 Å². The largest absolute Gasteiger partial charge is 0.329 e. The van der Waals surface area contributed by atoms with Gasteiger partial charge in [0.05, 0.1) is 6.61 Å². The third kappa shape index (κ3) is 2.88. The molecule has 1 heterocycles. The van der Waals surface area contributed by atoms with E-state index in [1.54, 1.807) is 12.0 Å². The van der Waals surface area contributed by atoms with Crippen molar-refractivity contribution in [3.05, 3.63) is 0 Å². The van der Waals surface area contributed by atoms with Crippen molar-refractivity contribution in [3.63, 3.8) is 0 Å². The summed E-state index contributed by atoms with van der Waals surface area (Å²) in [6.45, 7) is 4.74. The number of nitrogens with zero attached hydrogens (tertiary/aromatic N) is 1. The monoisotopic (exact) mass is 162 g/mol. The van der Waals surface area contributed by atoms with Crippen molar-refractivity contribution in [2.24, 2.45) is 5.73 Å². The summed E-state index contributed by atoms with van der Waals surface area (Å²) in [5.74, 6) is 1.07. The second kappa shape index (κ2) is 4.96. The molecule has 1 aliphatic rings. The Morgan fingerprint density at radius 2 is 2.40 bits per heavy atom. The maximum atomic E-state index is 5.42. The number of hydrogen-bond acceptors (Lipinski definition) is 4. The van der Waals surface area contributed by atoms with Gasteiger partial charge < -0.3 is 9.92 Å². The predicted octanol–water partition coefficient (Wildman–Crippen LogP) is -0.0745. The molecule has 1 fully saturated rings. The lowest BCUT2D eigenvalue weighted by Gasteiger charge is -2.16. The molecule has 1 rings (SSSR count). The molecule has 0 unspecified atom stereocenters. The topological polar surface area (TPSA) is 38.5 Å². The fourth-order valence-electron chi connectivity index (χ4n) is 0.969. The van der Waals surface area contributed by atoms with Gasteiger partial charge in [-0.05, 0) is 12.0 Å². The maximum Gasteiger partial charge on any atom is 0.0741 e. The van der Waals surface area contributed by atoms with Gasteiger partial charge in [-0.1, -0.05) is 0 Å². The van der Waals surface area contributed by atoms with E-state index in [9.17, 15) is 0 Å². The Labute approximate surface area is 66.1 Å². The highest BCUT2D eigenvalue weighted by molar-refractivity contribution is 7.94. The first-order valence-electron chi connectivity index (χ1n) is 3.60. The number of hydrogen-bond donors (Lipinski definition) is 1. The van der Waals surface area contributed by atoms with Crippen molar-refractivity contribution in [1.29, 1.82) is 0 Å². The minimum Gasteiger partial charge on any atom is -0.329 e. The van der Waals surface area contributed by atoms with E-state index in [0.29, 0.717) is 0 Å². The lowest BCUT2D eigenvalue weighted by Crippen LogP contribution is -2.32. The summed E-state index contributed by atoms with van der Waals surface area (Å²) in [6, 6.07) is 0. The van der Waals surface area contributed by atoms with E-state index in [-0.39, 0.29) is 0 Å². The Kier molecular flexibility index (Phi) is 4.13. The fraction of sp³-hybridized carbons (Fsp3) is 1.00. The summed E-state index contributed by atoms with van der Waals surface area (Å²) in [7, 11) is 0. The molecule has 4 heteroatoms. The van der Waals surface area contributed by atoms with Crippen LogP contribution in [0.25, 0.3) is 0 Å². The highest BCUT2D eigenvalue weighted by Crippen LogP contribution is 2.07. The summed E-state index contributed by atoms with van der Waals surface area (Å²) in [5, 5.41) is 0. The van der Waals surface area contributed by atoms with Gasteiger partial charge in [0, 0.05) is 31.9 Å². The summed E-state index contributed by atoms with van der Waals surface area (Å²) < 4.78 is 5.21. The van der Waals surface area contributed by atoms with Gasteiger partial charge in [0.2, 0.25) is 0 Å². The quantitative estimate of drug-likeness (QED) is 0.577. The molecule has 2 N–H and O–H groups in total. The predicted molar refractivity (Wildman–Crippen MR) is 43.9 cm³/mol. The second-order valence-electron chi connectivity index (χ2n) is 2.27. The van der Waals surface area contributed by atoms with Gasteiger partial charge in [0.15, 0.2) is 0 Å². The number of rotatable bonds is 2. The standard InChI is InChI=1S/C6H14N2OS/c7-1-2-8-3-5-9-10-6-4-8/h1-7H2. The SMILES string of the molecule is NCCN1CCOSCC1. The molecule has 0 aliphatic carbocycles. The van der Waals surface area contributed by atoms with Crippen molar-refractivity contribution in [2.45, 2.75) is 0 Å². The molecule has 0 aromatic rings. The summed E-state index contributed by atoms with van der Waals surface area (Å²) in [4.78, 5) is 2.33. The molecule has 0 saturated carbocycles.